The van der Waals surface area contributed by atoms with Gasteiger partial charge in [-0.3, -0.25) is 0 Å². The minimum Gasteiger partial charge on any atom is -0.384 e. The maximum atomic E-state index is 5.07. The molecule has 0 amide bonds. The van der Waals surface area contributed by atoms with Crippen LogP contribution in [0.4, 0.5) is 0 Å². The molecule has 2 heterocycles. The topological polar surface area (TPSA) is 47.0 Å². The minimum atomic E-state index is 0.695. The molecule has 1 aliphatic heterocycles. The molecule has 0 radical (unpaired) electrons. The van der Waals surface area contributed by atoms with Crippen LogP contribution in [0.2, 0.25) is 0 Å². The largest absolute Gasteiger partial charge is 0.384 e. The van der Waals surface area contributed by atoms with Crippen LogP contribution in [0.15, 0.2) is 0 Å². The summed E-state index contributed by atoms with van der Waals surface area (Å²) >= 11 is 0. The van der Waals surface area contributed by atoms with Gasteiger partial charge in [0.15, 0.2) is 0 Å². The van der Waals surface area contributed by atoms with Crippen LogP contribution in [0.1, 0.15) is 29.7 Å². The van der Waals surface area contributed by atoms with E-state index in [-0.39, 0.29) is 0 Å². The first-order valence-electron chi connectivity index (χ1n) is 5.92. The van der Waals surface area contributed by atoms with Crippen molar-refractivity contribution in [2.45, 2.75) is 32.7 Å². The fraction of sp³-hybridized carbons (Fsp3) is 0.667. The van der Waals surface area contributed by atoms with Gasteiger partial charge in [0.05, 0.1) is 12.3 Å². The third-order valence-electron chi connectivity index (χ3n) is 2.93. The summed E-state index contributed by atoms with van der Waals surface area (Å²) in [5, 5.41) is 3.37. The molecular weight excluding hydrogens is 202 g/mol. The van der Waals surface area contributed by atoms with Gasteiger partial charge in [0.2, 0.25) is 0 Å². The van der Waals surface area contributed by atoms with Crippen molar-refractivity contribution >= 4 is 0 Å². The molecule has 0 spiro atoms. The molecule has 0 saturated carbocycles. The fourth-order valence-electron chi connectivity index (χ4n) is 2.07. The van der Waals surface area contributed by atoms with E-state index in [1.807, 2.05) is 0 Å². The second-order valence-corrected chi connectivity index (χ2v) is 4.03. The highest BCUT2D eigenvalue weighted by Crippen LogP contribution is 2.16. The lowest BCUT2D eigenvalue weighted by Gasteiger charge is -2.19. The standard InChI is InChI=1S/C12H19N3O/c1-3-10-9-8-13-6-4-11(9)15-12(14-10)5-7-16-2/h13H,3-8H2,1-2H3. The third-order valence-corrected chi connectivity index (χ3v) is 2.93. The molecule has 2 rings (SSSR count). The van der Waals surface area contributed by atoms with Gasteiger partial charge in [-0.25, -0.2) is 9.97 Å². The first-order chi connectivity index (χ1) is 7.85. The number of ether oxygens (including phenoxy) is 1. The van der Waals surface area contributed by atoms with Gasteiger partial charge in [0.1, 0.15) is 5.82 Å². The Morgan fingerprint density at radius 2 is 2.25 bits per heavy atom. The highest BCUT2D eigenvalue weighted by Gasteiger charge is 2.15. The number of methoxy groups -OCH3 is 1. The van der Waals surface area contributed by atoms with E-state index in [0.717, 1.165) is 38.2 Å². The van der Waals surface area contributed by atoms with Crippen molar-refractivity contribution in [3.05, 3.63) is 22.8 Å². The average Bonchev–Trinajstić information content (AvgIpc) is 2.35. The van der Waals surface area contributed by atoms with Crippen LogP contribution < -0.4 is 5.32 Å². The van der Waals surface area contributed by atoms with E-state index in [1.54, 1.807) is 7.11 Å². The number of rotatable bonds is 4. The maximum Gasteiger partial charge on any atom is 0.131 e. The molecular formula is C12H19N3O. The van der Waals surface area contributed by atoms with Crippen molar-refractivity contribution in [2.24, 2.45) is 0 Å². The molecule has 0 fully saturated rings. The summed E-state index contributed by atoms with van der Waals surface area (Å²) in [5.41, 5.74) is 3.75. The molecule has 88 valence electrons. The van der Waals surface area contributed by atoms with Gasteiger partial charge in [-0.2, -0.15) is 0 Å². The van der Waals surface area contributed by atoms with Gasteiger partial charge in [0, 0.05) is 44.3 Å². The molecule has 0 saturated heterocycles. The molecule has 1 aliphatic rings. The van der Waals surface area contributed by atoms with E-state index in [2.05, 4.69) is 22.2 Å². The summed E-state index contributed by atoms with van der Waals surface area (Å²) < 4.78 is 5.07. The zero-order chi connectivity index (χ0) is 11.4. The zero-order valence-electron chi connectivity index (χ0n) is 10.0. The molecule has 0 aromatic carbocycles. The van der Waals surface area contributed by atoms with Crippen molar-refractivity contribution in [3.63, 3.8) is 0 Å². The Morgan fingerprint density at radius 1 is 1.38 bits per heavy atom. The minimum absolute atomic E-state index is 0.695. The van der Waals surface area contributed by atoms with Crippen molar-refractivity contribution in [1.29, 1.82) is 0 Å². The summed E-state index contributed by atoms with van der Waals surface area (Å²) in [4.78, 5) is 9.24. The van der Waals surface area contributed by atoms with E-state index in [0.29, 0.717) is 6.61 Å². The van der Waals surface area contributed by atoms with Gasteiger partial charge >= 0.3 is 0 Å². The van der Waals surface area contributed by atoms with Crippen LogP contribution in [-0.2, 0) is 30.5 Å². The van der Waals surface area contributed by atoms with Gasteiger partial charge in [0.25, 0.3) is 0 Å². The first kappa shape index (κ1) is 11.5. The Kier molecular flexibility index (Phi) is 3.85. The Labute approximate surface area is 96.4 Å². The molecule has 1 aromatic heterocycles. The van der Waals surface area contributed by atoms with Gasteiger partial charge in [-0.1, -0.05) is 6.92 Å². The number of aromatic nitrogens is 2. The number of nitrogens with one attached hydrogen (secondary N) is 1. The van der Waals surface area contributed by atoms with E-state index in [9.17, 15) is 0 Å². The number of aryl methyl sites for hydroxylation is 1. The van der Waals surface area contributed by atoms with E-state index >= 15 is 0 Å². The normalized spacial score (nSPS) is 14.9. The number of nitrogens with zero attached hydrogens (tertiary/aromatic N) is 2. The predicted molar refractivity (Wildman–Crippen MR) is 62.4 cm³/mol. The van der Waals surface area contributed by atoms with Crippen LogP contribution in [0.25, 0.3) is 0 Å². The molecule has 0 aliphatic carbocycles. The van der Waals surface area contributed by atoms with Gasteiger partial charge in [-0.05, 0) is 6.42 Å². The van der Waals surface area contributed by atoms with E-state index in [1.165, 1.54) is 17.0 Å². The van der Waals surface area contributed by atoms with Crippen molar-refractivity contribution in [2.75, 3.05) is 20.3 Å². The molecule has 4 nitrogen and oxygen atoms in total. The average molecular weight is 221 g/mol. The van der Waals surface area contributed by atoms with Crippen LogP contribution >= 0.6 is 0 Å². The lowest BCUT2D eigenvalue weighted by molar-refractivity contribution is 0.200. The molecule has 1 aromatic rings. The van der Waals surface area contributed by atoms with Gasteiger partial charge in [-0.15, -0.1) is 0 Å². The summed E-state index contributed by atoms with van der Waals surface area (Å²) in [5.74, 6) is 0.930. The Balaban J connectivity index is 2.28. The van der Waals surface area contributed by atoms with Gasteiger partial charge < -0.3 is 10.1 Å². The summed E-state index contributed by atoms with van der Waals surface area (Å²) in [6.07, 6.45) is 2.81. The molecule has 16 heavy (non-hydrogen) atoms. The van der Waals surface area contributed by atoms with E-state index < -0.39 is 0 Å². The number of hydrogen-bond acceptors (Lipinski definition) is 4. The summed E-state index contributed by atoms with van der Waals surface area (Å²) in [7, 11) is 1.71. The third kappa shape index (κ3) is 2.39. The van der Waals surface area contributed by atoms with Crippen molar-refractivity contribution < 1.29 is 4.74 Å². The summed E-state index contributed by atoms with van der Waals surface area (Å²) in [6.45, 7) is 4.79. The molecule has 1 N–H and O–H groups in total. The SMILES string of the molecule is CCc1nc(CCOC)nc2c1CNCC2. The molecule has 0 unspecified atom stereocenters. The zero-order valence-corrected chi connectivity index (χ0v) is 10.0. The van der Waals surface area contributed by atoms with Crippen molar-refractivity contribution in [1.82, 2.24) is 15.3 Å². The number of fused-ring (bicyclic) bond motifs is 1. The smallest absolute Gasteiger partial charge is 0.131 e. The fourth-order valence-corrected chi connectivity index (χ4v) is 2.07. The number of hydrogen-bond donors (Lipinski definition) is 1. The summed E-state index contributed by atoms with van der Waals surface area (Å²) in [6, 6.07) is 0. The predicted octanol–water partition coefficient (Wildman–Crippen LogP) is 0.874. The Hall–Kier alpha value is -1.00. The molecule has 0 atom stereocenters. The van der Waals surface area contributed by atoms with Crippen LogP contribution in [0, 0.1) is 0 Å². The first-order valence-corrected chi connectivity index (χ1v) is 5.92. The second-order valence-electron chi connectivity index (χ2n) is 4.03. The van der Waals surface area contributed by atoms with Crippen LogP contribution in [0.3, 0.4) is 0 Å². The second kappa shape index (κ2) is 5.37. The lowest BCUT2D eigenvalue weighted by atomic mass is 10.0. The highest BCUT2D eigenvalue weighted by atomic mass is 16.5. The Morgan fingerprint density at radius 3 is 3.00 bits per heavy atom. The molecule has 4 heteroatoms. The van der Waals surface area contributed by atoms with Crippen LogP contribution in [0.5, 0.6) is 0 Å². The lowest BCUT2D eigenvalue weighted by Crippen LogP contribution is -2.27. The quantitative estimate of drug-likeness (QED) is 0.819. The van der Waals surface area contributed by atoms with Crippen molar-refractivity contribution in [3.8, 4) is 0 Å². The Bertz CT molecular complexity index is 348. The van der Waals surface area contributed by atoms with E-state index in [4.69, 9.17) is 4.74 Å². The maximum absolute atomic E-state index is 5.07. The molecule has 0 bridgehead atoms. The monoisotopic (exact) mass is 221 g/mol. The van der Waals surface area contributed by atoms with Crippen LogP contribution in [-0.4, -0.2) is 30.2 Å². The highest BCUT2D eigenvalue weighted by molar-refractivity contribution is 5.28.